The number of fused-ring (bicyclic) bond motifs is 1. The lowest BCUT2D eigenvalue weighted by molar-refractivity contribution is 0.102. The van der Waals surface area contributed by atoms with Crippen LogP contribution >= 0.6 is 0 Å². The van der Waals surface area contributed by atoms with Gasteiger partial charge in [0.05, 0.1) is 22.8 Å². The van der Waals surface area contributed by atoms with E-state index in [0.29, 0.717) is 34.5 Å². The van der Waals surface area contributed by atoms with Crippen LogP contribution in [0.5, 0.6) is 11.5 Å². The van der Waals surface area contributed by atoms with Gasteiger partial charge in [-0.2, -0.15) is 0 Å². The number of nitrogens with one attached hydrogen (secondary N) is 2. The Balaban J connectivity index is 1.43. The number of ether oxygens (including phenoxy) is 2. The van der Waals surface area contributed by atoms with Gasteiger partial charge in [0.15, 0.2) is 0 Å². The van der Waals surface area contributed by atoms with Gasteiger partial charge in [-0.1, -0.05) is 30.3 Å². The average Bonchev–Trinajstić information content (AvgIpc) is 2.78. The number of aromatic amines is 1. The molecule has 0 bridgehead atoms. The number of amides is 1. The first-order valence-corrected chi connectivity index (χ1v) is 9.39. The van der Waals surface area contributed by atoms with Crippen molar-refractivity contribution < 1.29 is 14.3 Å². The summed E-state index contributed by atoms with van der Waals surface area (Å²) in [7, 11) is 0. The van der Waals surface area contributed by atoms with Crippen molar-refractivity contribution in [2.75, 3.05) is 18.5 Å². The average molecular weight is 401 g/mol. The Morgan fingerprint density at radius 3 is 2.57 bits per heavy atom. The van der Waals surface area contributed by atoms with Gasteiger partial charge >= 0.3 is 0 Å². The summed E-state index contributed by atoms with van der Waals surface area (Å²) in [5, 5.41) is 3.20. The van der Waals surface area contributed by atoms with Gasteiger partial charge in [0.2, 0.25) is 0 Å². The lowest BCUT2D eigenvalue weighted by Gasteiger charge is -2.12. The van der Waals surface area contributed by atoms with Crippen molar-refractivity contribution in [1.82, 2.24) is 9.97 Å². The third-order valence-corrected chi connectivity index (χ3v) is 4.38. The Labute approximate surface area is 172 Å². The highest BCUT2D eigenvalue weighted by molar-refractivity contribution is 6.06. The van der Waals surface area contributed by atoms with E-state index in [1.165, 1.54) is 6.33 Å². The normalized spacial score (nSPS) is 10.5. The topological polar surface area (TPSA) is 93.3 Å². The van der Waals surface area contributed by atoms with Crippen LogP contribution in [0, 0.1) is 0 Å². The molecule has 1 amide bonds. The summed E-state index contributed by atoms with van der Waals surface area (Å²) in [6.45, 7) is 0.636. The van der Waals surface area contributed by atoms with Gasteiger partial charge < -0.3 is 19.8 Å². The number of carbonyl (C=O) groups is 1. The van der Waals surface area contributed by atoms with E-state index in [1.807, 2.05) is 30.3 Å². The molecule has 7 heteroatoms. The van der Waals surface area contributed by atoms with Crippen molar-refractivity contribution in [2.24, 2.45) is 0 Å². The lowest BCUT2D eigenvalue weighted by Crippen LogP contribution is -2.16. The lowest BCUT2D eigenvalue weighted by atomic mass is 10.1. The molecule has 0 spiro atoms. The maximum Gasteiger partial charge on any atom is 0.259 e. The molecular formula is C23H19N3O4. The monoisotopic (exact) mass is 401 g/mol. The molecule has 30 heavy (non-hydrogen) atoms. The molecule has 0 aliphatic rings. The number of hydrogen-bond acceptors (Lipinski definition) is 5. The van der Waals surface area contributed by atoms with Crippen molar-refractivity contribution in [3.8, 4) is 11.5 Å². The fraction of sp³-hybridized carbons (Fsp3) is 0.0870. The Hall–Kier alpha value is -4.13. The van der Waals surface area contributed by atoms with Gasteiger partial charge in [-0.3, -0.25) is 9.59 Å². The number of H-pyrrole nitrogens is 1. The van der Waals surface area contributed by atoms with Crippen LogP contribution in [0.4, 0.5) is 5.69 Å². The highest BCUT2D eigenvalue weighted by atomic mass is 16.5. The second-order valence-corrected chi connectivity index (χ2v) is 6.42. The summed E-state index contributed by atoms with van der Waals surface area (Å²) in [6.07, 6.45) is 1.35. The zero-order valence-corrected chi connectivity index (χ0v) is 16.0. The summed E-state index contributed by atoms with van der Waals surface area (Å²) in [5.74, 6) is 0.870. The van der Waals surface area contributed by atoms with Crippen LogP contribution in [0.15, 0.2) is 83.9 Å². The van der Waals surface area contributed by atoms with Crippen LogP contribution in [0.2, 0.25) is 0 Å². The van der Waals surface area contributed by atoms with Crippen molar-refractivity contribution in [2.45, 2.75) is 0 Å². The molecule has 0 radical (unpaired) electrons. The third kappa shape index (κ3) is 4.47. The Morgan fingerprint density at radius 1 is 0.933 bits per heavy atom. The Bertz CT molecular complexity index is 1220. The fourth-order valence-corrected chi connectivity index (χ4v) is 2.95. The van der Waals surface area contributed by atoms with Gasteiger partial charge in [0.25, 0.3) is 11.5 Å². The quantitative estimate of drug-likeness (QED) is 0.461. The third-order valence-electron chi connectivity index (χ3n) is 4.38. The van der Waals surface area contributed by atoms with Gasteiger partial charge in [0.1, 0.15) is 24.7 Å². The summed E-state index contributed by atoms with van der Waals surface area (Å²) in [5.41, 5.74) is 1.17. The number of aromatic nitrogens is 2. The van der Waals surface area contributed by atoms with E-state index >= 15 is 0 Å². The summed E-state index contributed by atoms with van der Waals surface area (Å²) < 4.78 is 11.4. The van der Waals surface area contributed by atoms with Gasteiger partial charge in [0, 0.05) is 5.69 Å². The molecule has 1 heterocycles. The van der Waals surface area contributed by atoms with E-state index in [1.54, 1.807) is 42.5 Å². The molecule has 0 atom stereocenters. The van der Waals surface area contributed by atoms with Crippen LogP contribution in [0.1, 0.15) is 10.4 Å². The van der Waals surface area contributed by atoms with E-state index in [2.05, 4.69) is 15.3 Å². The van der Waals surface area contributed by atoms with Crippen molar-refractivity contribution in [3.63, 3.8) is 0 Å². The molecule has 150 valence electrons. The van der Waals surface area contributed by atoms with Gasteiger partial charge in [-0.05, 0) is 42.5 Å². The first-order chi connectivity index (χ1) is 14.7. The number of nitrogens with zero attached hydrogens (tertiary/aromatic N) is 1. The Morgan fingerprint density at radius 2 is 1.70 bits per heavy atom. The van der Waals surface area contributed by atoms with E-state index in [9.17, 15) is 9.59 Å². The highest BCUT2D eigenvalue weighted by Gasteiger charge is 2.13. The largest absolute Gasteiger partial charge is 0.490 e. The van der Waals surface area contributed by atoms with Crippen LogP contribution < -0.4 is 20.3 Å². The first kappa shape index (κ1) is 19.2. The minimum atomic E-state index is -0.339. The Kier molecular flexibility index (Phi) is 5.70. The predicted octanol–water partition coefficient (Wildman–Crippen LogP) is 3.63. The van der Waals surface area contributed by atoms with Crippen molar-refractivity contribution in [3.05, 3.63) is 95.0 Å². The number of carbonyl (C=O) groups excluding carboxylic acids is 1. The molecule has 0 aliphatic heterocycles. The molecule has 0 unspecified atom stereocenters. The van der Waals surface area contributed by atoms with Crippen LogP contribution in [0.3, 0.4) is 0 Å². The molecule has 3 aromatic carbocycles. The molecule has 0 saturated carbocycles. The van der Waals surface area contributed by atoms with E-state index < -0.39 is 0 Å². The summed E-state index contributed by atoms with van der Waals surface area (Å²) >= 11 is 0. The molecule has 4 aromatic rings. The van der Waals surface area contributed by atoms with Crippen molar-refractivity contribution >= 4 is 22.5 Å². The minimum absolute atomic E-state index is 0.266. The van der Waals surface area contributed by atoms with Crippen LogP contribution in [-0.2, 0) is 0 Å². The van der Waals surface area contributed by atoms with Crippen LogP contribution in [-0.4, -0.2) is 29.1 Å². The molecule has 0 saturated heterocycles. The SMILES string of the molecule is O=C(Nc1ccc2nc[nH]c(=O)c2c1)c1ccccc1OCCOc1ccccc1. The first-order valence-electron chi connectivity index (χ1n) is 9.39. The van der Waals surface area contributed by atoms with Crippen molar-refractivity contribution in [1.29, 1.82) is 0 Å². The molecule has 4 rings (SSSR count). The molecule has 7 nitrogen and oxygen atoms in total. The zero-order chi connectivity index (χ0) is 20.8. The summed E-state index contributed by atoms with van der Waals surface area (Å²) in [6, 6.07) is 21.4. The number of para-hydroxylation sites is 2. The van der Waals surface area contributed by atoms with Gasteiger partial charge in [-0.15, -0.1) is 0 Å². The fourth-order valence-electron chi connectivity index (χ4n) is 2.95. The number of rotatable bonds is 7. The maximum atomic E-state index is 12.8. The molecular weight excluding hydrogens is 382 g/mol. The maximum absolute atomic E-state index is 12.8. The van der Waals surface area contributed by atoms with E-state index in [-0.39, 0.29) is 18.1 Å². The summed E-state index contributed by atoms with van der Waals surface area (Å²) in [4.78, 5) is 31.4. The van der Waals surface area contributed by atoms with E-state index in [4.69, 9.17) is 9.47 Å². The number of hydrogen-bond donors (Lipinski definition) is 2. The smallest absolute Gasteiger partial charge is 0.259 e. The predicted molar refractivity (Wildman–Crippen MR) is 114 cm³/mol. The number of anilines is 1. The van der Waals surface area contributed by atoms with Gasteiger partial charge in [-0.25, -0.2) is 4.98 Å². The van der Waals surface area contributed by atoms with E-state index in [0.717, 1.165) is 5.75 Å². The second-order valence-electron chi connectivity index (χ2n) is 6.42. The second kappa shape index (κ2) is 8.91. The molecule has 0 aliphatic carbocycles. The number of benzene rings is 3. The minimum Gasteiger partial charge on any atom is -0.490 e. The standard InChI is InChI=1S/C23H19N3O4/c27-22-19-14-16(10-11-20(19)24-15-25-22)26-23(28)18-8-4-5-9-21(18)30-13-12-29-17-6-2-1-3-7-17/h1-11,14-15H,12-13H2,(H,26,28)(H,24,25,27). The zero-order valence-electron chi connectivity index (χ0n) is 16.0. The molecule has 1 aromatic heterocycles. The van der Waals surface area contributed by atoms with Crippen LogP contribution in [0.25, 0.3) is 10.9 Å². The molecule has 0 fully saturated rings. The highest BCUT2D eigenvalue weighted by Crippen LogP contribution is 2.21. The molecule has 2 N–H and O–H groups in total.